The van der Waals surface area contributed by atoms with E-state index in [1.165, 1.54) is 4.88 Å². The van der Waals surface area contributed by atoms with E-state index in [2.05, 4.69) is 37.2 Å². The van der Waals surface area contributed by atoms with Crippen molar-refractivity contribution in [3.63, 3.8) is 0 Å². The van der Waals surface area contributed by atoms with Gasteiger partial charge in [0.05, 0.1) is 4.88 Å². The van der Waals surface area contributed by atoms with Crippen LogP contribution in [0.4, 0.5) is 0 Å². The lowest BCUT2D eigenvalue weighted by Gasteiger charge is -2.30. The maximum absolute atomic E-state index is 6.25. The number of benzene rings is 1. The van der Waals surface area contributed by atoms with Gasteiger partial charge in [-0.25, -0.2) is 0 Å². The fourth-order valence-electron chi connectivity index (χ4n) is 2.17. The lowest BCUT2D eigenvalue weighted by atomic mass is 9.97. The molecule has 2 heterocycles. The summed E-state index contributed by atoms with van der Waals surface area (Å²) >= 11 is 8.72. The zero-order chi connectivity index (χ0) is 12.7. The van der Waals surface area contributed by atoms with Crippen LogP contribution in [0, 0.1) is 0 Å². The SMILES string of the molecule is N[C@H]1CC(c2sccc2Br)Oc2ccc(Br)cc21. The van der Waals surface area contributed by atoms with Gasteiger partial charge in [-0.3, -0.25) is 0 Å². The molecule has 1 aromatic carbocycles. The number of hydrogen-bond donors (Lipinski definition) is 1. The molecule has 0 spiro atoms. The van der Waals surface area contributed by atoms with Gasteiger partial charge in [-0.05, 0) is 45.6 Å². The molecule has 0 amide bonds. The molecule has 5 heteroatoms. The highest BCUT2D eigenvalue weighted by Crippen LogP contribution is 2.43. The third kappa shape index (κ3) is 2.25. The van der Waals surface area contributed by atoms with Crippen molar-refractivity contribution in [2.75, 3.05) is 0 Å². The van der Waals surface area contributed by atoms with Crippen LogP contribution in [0.15, 0.2) is 38.6 Å². The summed E-state index contributed by atoms with van der Waals surface area (Å²) in [6.07, 6.45) is 0.853. The molecular formula is C13H11Br2NOS. The first-order chi connectivity index (χ1) is 8.65. The van der Waals surface area contributed by atoms with Gasteiger partial charge in [-0.15, -0.1) is 11.3 Å². The Kier molecular flexibility index (Phi) is 3.49. The van der Waals surface area contributed by atoms with Gasteiger partial charge in [-0.2, -0.15) is 0 Å². The van der Waals surface area contributed by atoms with Crippen molar-refractivity contribution < 1.29 is 4.74 Å². The van der Waals surface area contributed by atoms with Gasteiger partial charge in [0.1, 0.15) is 11.9 Å². The molecule has 0 radical (unpaired) electrons. The summed E-state index contributed by atoms with van der Waals surface area (Å²) in [6.45, 7) is 0. The highest BCUT2D eigenvalue weighted by atomic mass is 79.9. The van der Waals surface area contributed by atoms with E-state index >= 15 is 0 Å². The van der Waals surface area contributed by atoms with Crippen LogP contribution in [0.5, 0.6) is 5.75 Å². The molecule has 0 saturated heterocycles. The number of fused-ring (bicyclic) bond motifs is 1. The molecule has 3 rings (SSSR count). The van der Waals surface area contributed by atoms with Gasteiger partial charge < -0.3 is 10.5 Å². The molecule has 1 aromatic heterocycles. The van der Waals surface area contributed by atoms with Crippen molar-refractivity contribution in [3.05, 3.63) is 49.0 Å². The second-order valence-electron chi connectivity index (χ2n) is 4.26. The average molecular weight is 389 g/mol. The molecule has 18 heavy (non-hydrogen) atoms. The van der Waals surface area contributed by atoms with E-state index in [1.807, 2.05) is 24.3 Å². The van der Waals surface area contributed by atoms with Crippen molar-refractivity contribution in [3.8, 4) is 5.75 Å². The van der Waals surface area contributed by atoms with E-state index in [-0.39, 0.29) is 12.1 Å². The van der Waals surface area contributed by atoms with E-state index in [4.69, 9.17) is 10.5 Å². The maximum atomic E-state index is 6.25. The summed E-state index contributed by atoms with van der Waals surface area (Å²) in [4.78, 5) is 1.21. The first-order valence-corrected chi connectivity index (χ1v) is 8.06. The highest BCUT2D eigenvalue weighted by Gasteiger charge is 2.29. The third-order valence-electron chi connectivity index (χ3n) is 3.05. The molecule has 0 fully saturated rings. The van der Waals surface area contributed by atoms with E-state index in [0.29, 0.717) is 0 Å². The lowest BCUT2D eigenvalue weighted by molar-refractivity contribution is 0.164. The zero-order valence-corrected chi connectivity index (χ0v) is 13.4. The van der Waals surface area contributed by atoms with Crippen LogP contribution in [-0.2, 0) is 0 Å². The first-order valence-electron chi connectivity index (χ1n) is 5.59. The third-order valence-corrected chi connectivity index (χ3v) is 5.50. The second kappa shape index (κ2) is 4.96. The molecule has 2 aromatic rings. The summed E-state index contributed by atoms with van der Waals surface area (Å²) < 4.78 is 8.20. The summed E-state index contributed by atoms with van der Waals surface area (Å²) in [5.74, 6) is 0.891. The van der Waals surface area contributed by atoms with E-state index in [0.717, 1.165) is 26.7 Å². The predicted molar refractivity (Wildman–Crippen MR) is 81.1 cm³/mol. The normalized spacial score (nSPS) is 22.4. The van der Waals surface area contributed by atoms with Crippen molar-refractivity contribution >= 4 is 43.2 Å². The number of nitrogens with two attached hydrogens (primary N) is 1. The smallest absolute Gasteiger partial charge is 0.136 e. The largest absolute Gasteiger partial charge is 0.484 e. The fourth-order valence-corrected chi connectivity index (χ4v) is 4.22. The molecular weight excluding hydrogens is 378 g/mol. The summed E-state index contributed by atoms with van der Waals surface area (Å²) in [5.41, 5.74) is 7.33. The van der Waals surface area contributed by atoms with Gasteiger partial charge >= 0.3 is 0 Å². The Balaban J connectivity index is 1.97. The number of halogens is 2. The van der Waals surface area contributed by atoms with Crippen LogP contribution in [0.25, 0.3) is 0 Å². The first kappa shape index (κ1) is 12.7. The van der Waals surface area contributed by atoms with E-state index in [9.17, 15) is 0 Å². The van der Waals surface area contributed by atoms with Gasteiger partial charge in [0.25, 0.3) is 0 Å². The number of ether oxygens (including phenoxy) is 1. The van der Waals surface area contributed by atoms with Crippen LogP contribution in [-0.4, -0.2) is 0 Å². The van der Waals surface area contributed by atoms with Gasteiger partial charge in [0.2, 0.25) is 0 Å². The molecule has 2 N–H and O–H groups in total. The highest BCUT2D eigenvalue weighted by molar-refractivity contribution is 9.10. The lowest BCUT2D eigenvalue weighted by Crippen LogP contribution is -2.23. The molecule has 0 aliphatic carbocycles. The number of rotatable bonds is 1. The number of thiophene rings is 1. The van der Waals surface area contributed by atoms with Crippen LogP contribution >= 0.6 is 43.2 Å². The Labute approximate surface area is 126 Å². The molecule has 1 unspecified atom stereocenters. The van der Waals surface area contributed by atoms with Gasteiger partial charge in [0.15, 0.2) is 0 Å². The summed E-state index contributed by atoms with van der Waals surface area (Å²) in [7, 11) is 0. The van der Waals surface area contributed by atoms with Crippen molar-refractivity contribution in [1.29, 1.82) is 0 Å². The minimum absolute atomic E-state index is 0.0187. The van der Waals surface area contributed by atoms with Crippen LogP contribution in [0.3, 0.4) is 0 Å². The topological polar surface area (TPSA) is 35.2 Å². The van der Waals surface area contributed by atoms with Crippen molar-refractivity contribution in [2.45, 2.75) is 18.6 Å². The zero-order valence-electron chi connectivity index (χ0n) is 9.40. The average Bonchev–Trinajstić information content (AvgIpc) is 2.76. The molecule has 0 saturated carbocycles. The number of hydrogen-bond acceptors (Lipinski definition) is 3. The maximum Gasteiger partial charge on any atom is 0.136 e. The Morgan fingerprint density at radius 3 is 2.83 bits per heavy atom. The Hall–Kier alpha value is -0.360. The molecule has 1 aliphatic heterocycles. The molecule has 94 valence electrons. The standard InChI is InChI=1S/C13H11Br2NOS/c14-7-1-2-11-8(5-7)10(16)6-12(17-11)13-9(15)3-4-18-13/h1-5,10,12H,6,16H2/t10-,12?/m0/s1. The monoisotopic (exact) mass is 387 g/mol. The van der Waals surface area contributed by atoms with E-state index < -0.39 is 0 Å². The molecule has 0 bridgehead atoms. The minimum atomic E-state index is 0.0187. The molecule has 2 nitrogen and oxygen atoms in total. The van der Waals surface area contributed by atoms with Crippen LogP contribution < -0.4 is 10.5 Å². The van der Waals surface area contributed by atoms with Gasteiger partial charge in [-0.1, -0.05) is 15.9 Å². The Bertz CT molecular complexity index is 584. The molecule has 1 aliphatic rings. The van der Waals surface area contributed by atoms with Crippen LogP contribution in [0.1, 0.15) is 29.0 Å². The fraction of sp³-hybridized carbons (Fsp3) is 0.231. The quantitative estimate of drug-likeness (QED) is 0.761. The summed E-state index contributed by atoms with van der Waals surface area (Å²) in [6, 6.07) is 8.07. The summed E-state index contributed by atoms with van der Waals surface area (Å²) in [5, 5.41) is 2.06. The Morgan fingerprint density at radius 2 is 2.11 bits per heavy atom. The second-order valence-corrected chi connectivity index (χ2v) is 6.98. The molecule has 2 atom stereocenters. The Morgan fingerprint density at radius 1 is 1.28 bits per heavy atom. The van der Waals surface area contributed by atoms with E-state index in [1.54, 1.807) is 11.3 Å². The van der Waals surface area contributed by atoms with Gasteiger partial charge in [0, 0.05) is 27.0 Å². The van der Waals surface area contributed by atoms with Crippen LogP contribution in [0.2, 0.25) is 0 Å². The van der Waals surface area contributed by atoms with Crippen molar-refractivity contribution in [2.24, 2.45) is 5.73 Å². The minimum Gasteiger partial charge on any atom is -0.484 e. The van der Waals surface area contributed by atoms with Crippen molar-refractivity contribution in [1.82, 2.24) is 0 Å². The predicted octanol–water partition coefficient (Wildman–Crippen LogP) is 4.80.